The molecule has 0 aromatic carbocycles. The molecule has 0 aliphatic heterocycles. The minimum absolute atomic E-state index is 0.612. The van der Waals surface area contributed by atoms with Crippen LogP contribution in [0.5, 0.6) is 0 Å². The van der Waals surface area contributed by atoms with Crippen LogP contribution in [0.15, 0.2) is 0 Å². The average Bonchev–Trinajstić information content (AvgIpc) is 2.29. The van der Waals surface area contributed by atoms with E-state index in [0.29, 0.717) is 6.04 Å². The second-order valence-corrected chi connectivity index (χ2v) is 5.08. The Hall–Kier alpha value is -0.0800. The Labute approximate surface area is 103 Å². The molecule has 0 radical (unpaired) electrons. The maximum Gasteiger partial charge on any atom is 0.0166 e. The highest BCUT2D eigenvalue weighted by Gasteiger charge is 2.09. The fourth-order valence-corrected chi connectivity index (χ4v) is 1.97. The second-order valence-electron chi connectivity index (χ2n) is 5.08. The molecule has 0 aliphatic carbocycles. The molecule has 0 aromatic rings. The number of likely N-dealkylation sites (N-methyl/N-ethyl adjacent to an activating group) is 1. The SMILES string of the molecule is CCCCC(CC)CNC(C)CN(C)CC. The highest BCUT2D eigenvalue weighted by atomic mass is 15.1. The number of hydrogen-bond acceptors (Lipinski definition) is 2. The summed E-state index contributed by atoms with van der Waals surface area (Å²) in [5.74, 6) is 0.870. The zero-order valence-corrected chi connectivity index (χ0v) is 12.1. The first kappa shape index (κ1) is 15.9. The van der Waals surface area contributed by atoms with Crippen LogP contribution < -0.4 is 5.32 Å². The van der Waals surface area contributed by atoms with Crippen LogP contribution in [0.1, 0.15) is 53.4 Å². The molecule has 2 unspecified atom stereocenters. The van der Waals surface area contributed by atoms with E-state index in [0.717, 1.165) is 19.0 Å². The Morgan fingerprint density at radius 2 is 1.88 bits per heavy atom. The molecule has 0 aliphatic rings. The maximum absolute atomic E-state index is 3.67. The van der Waals surface area contributed by atoms with Gasteiger partial charge < -0.3 is 10.2 Å². The molecule has 1 N–H and O–H groups in total. The molecular weight excluding hydrogens is 196 g/mol. The number of nitrogens with one attached hydrogen (secondary N) is 1. The van der Waals surface area contributed by atoms with Crippen molar-refractivity contribution in [2.45, 2.75) is 59.4 Å². The molecule has 0 spiro atoms. The van der Waals surface area contributed by atoms with Gasteiger partial charge in [-0.2, -0.15) is 0 Å². The molecule has 0 amide bonds. The molecule has 0 saturated heterocycles. The van der Waals surface area contributed by atoms with Crippen molar-refractivity contribution in [2.75, 3.05) is 26.7 Å². The standard InChI is InChI=1S/C14H32N2/c1-6-9-10-14(7-2)11-15-13(4)12-16(5)8-3/h13-15H,6-12H2,1-5H3. The van der Waals surface area contributed by atoms with Gasteiger partial charge in [-0.15, -0.1) is 0 Å². The summed E-state index contributed by atoms with van der Waals surface area (Å²) in [5, 5.41) is 3.67. The molecule has 0 rings (SSSR count). The van der Waals surface area contributed by atoms with E-state index in [1.807, 2.05) is 0 Å². The predicted molar refractivity (Wildman–Crippen MR) is 73.9 cm³/mol. The largest absolute Gasteiger partial charge is 0.313 e. The van der Waals surface area contributed by atoms with Gasteiger partial charge >= 0.3 is 0 Å². The van der Waals surface area contributed by atoms with Crippen LogP contribution in [0.2, 0.25) is 0 Å². The molecule has 98 valence electrons. The van der Waals surface area contributed by atoms with E-state index in [1.54, 1.807) is 0 Å². The fraction of sp³-hybridized carbons (Fsp3) is 1.00. The van der Waals surface area contributed by atoms with Crippen molar-refractivity contribution in [2.24, 2.45) is 5.92 Å². The van der Waals surface area contributed by atoms with Crippen LogP contribution in [0, 0.1) is 5.92 Å². The van der Waals surface area contributed by atoms with Gasteiger partial charge in [0.1, 0.15) is 0 Å². The van der Waals surface area contributed by atoms with E-state index in [-0.39, 0.29) is 0 Å². The van der Waals surface area contributed by atoms with Crippen LogP contribution in [0.4, 0.5) is 0 Å². The van der Waals surface area contributed by atoms with Crippen LogP contribution in [-0.4, -0.2) is 37.6 Å². The summed E-state index contributed by atoms with van der Waals surface area (Å²) in [6.45, 7) is 12.6. The zero-order chi connectivity index (χ0) is 12.4. The molecule has 2 nitrogen and oxygen atoms in total. The van der Waals surface area contributed by atoms with Crippen molar-refractivity contribution in [3.05, 3.63) is 0 Å². The molecule has 16 heavy (non-hydrogen) atoms. The van der Waals surface area contributed by atoms with Gasteiger partial charge in [-0.3, -0.25) is 0 Å². The minimum Gasteiger partial charge on any atom is -0.313 e. The summed E-state index contributed by atoms with van der Waals surface area (Å²) in [7, 11) is 2.19. The van der Waals surface area contributed by atoms with Gasteiger partial charge in [0.15, 0.2) is 0 Å². The lowest BCUT2D eigenvalue weighted by atomic mass is 9.99. The zero-order valence-electron chi connectivity index (χ0n) is 12.1. The predicted octanol–water partition coefficient (Wildman–Crippen LogP) is 3.13. The van der Waals surface area contributed by atoms with Crippen molar-refractivity contribution in [3.63, 3.8) is 0 Å². The fourth-order valence-electron chi connectivity index (χ4n) is 1.97. The van der Waals surface area contributed by atoms with Crippen LogP contribution in [0.25, 0.3) is 0 Å². The Morgan fingerprint density at radius 1 is 1.19 bits per heavy atom. The number of nitrogens with zero attached hydrogens (tertiary/aromatic N) is 1. The third-order valence-electron chi connectivity index (χ3n) is 3.42. The van der Waals surface area contributed by atoms with Crippen LogP contribution in [0.3, 0.4) is 0 Å². The Balaban J connectivity index is 3.65. The van der Waals surface area contributed by atoms with Gasteiger partial charge in [-0.05, 0) is 39.4 Å². The van der Waals surface area contributed by atoms with E-state index < -0.39 is 0 Å². The highest BCUT2D eigenvalue weighted by Crippen LogP contribution is 2.11. The molecule has 0 bridgehead atoms. The normalized spacial score (nSPS) is 15.4. The first-order valence-electron chi connectivity index (χ1n) is 7.05. The van der Waals surface area contributed by atoms with Crippen LogP contribution in [-0.2, 0) is 0 Å². The molecular formula is C14H32N2. The van der Waals surface area contributed by atoms with Gasteiger partial charge in [0.2, 0.25) is 0 Å². The first-order chi connectivity index (χ1) is 7.63. The summed E-state index contributed by atoms with van der Waals surface area (Å²) in [6, 6.07) is 0.612. The summed E-state index contributed by atoms with van der Waals surface area (Å²) in [5.41, 5.74) is 0. The summed E-state index contributed by atoms with van der Waals surface area (Å²) in [4.78, 5) is 2.37. The summed E-state index contributed by atoms with van der Waals surface area (Å²) >= 11 is 0. The monoisotopic (exact) mass is 228 g/mol. The third kappa shape index (κ3) is 8.12. The van der Waals surface area contributed by atoms with Gasteiger partial charge in [0.05, 0.1) is 0 Å². The average molecular weight is 228 g/mol. The Morgan fingerprint density at radius 3 is 2.38 bits per heavy atom. The van der Waals surface area contributed by atoms with E-state index in [9.17, 15) is 0 Å². The van der Waals surface area contributed by atoms with Gasteiger partial charge in [-0.1, -0.05) is 40.0 Å². The summed E-state index contributed by atoms with van der Waals surface area (Å²) < 4.78 is 0. The lowest BCUT2D eigenvalue weighted by Gasteiger charge is -2.23. The van der Waals surface area contributed by atoms with E-state index in [1.165, 1.54) is 32.2 Å². The minimum atomic E-state index is 0.612. The van der Waals surface area contributed by atoms with Crippen molar-refractivity contribution in [3.8, 4) is 0 Å². The molecule has 2 heteroatoms. The quantitative estimate of drug-likeness (QED) is 0.618. The van der Waals surface area contributed by atoms with Crippen molar-refractivity contribution >= 4 is 0 Å². The molecule has 0 fully saturated rings. The van der Waals surface area contributed by atoms with Crippen molar-refractivity contribution in [1.82, 2.24) is 10.2 Å². The van der Waals surface area contributed by atoms with Crippen molar-refractivity contribution < 1.29 is 0 Å². The lowest BCUT2D eigenvalue weighted by Crippen LogP contribution is -2.39. The molecule has 0 aromatic heterocycles. The number of unbranched alkanes of at least 4 members (excludes halogenated alkanes) is 1. The van der Waals surface area contributed by atoms with Crippen LogP contribution >= 0.6 is 0 Å². The van der Waals surface area contributed by atoms with E-state index in [4.69, 9.17) is 0 Å². The summed E-state index contributed by atoms with van der Waals surface area (Å²) in [6.07, 6.45) is 5.40. The molecule has 2 atom stereocenters. The van der Waals surface area contributed by atoms with Gasteiger partial charge in [-0.25, -0.2) is 0 Å². The Bertz CT molecular complexity index is 148. The van der Waals surface area contributed by atoms with E-state index in [2.05, 4.69) is 45.0 Å². The van der Waals surface area contributed by atoms with E-state index >= 15 is 0 Å². The molecule has 0 heterocycles. The first-order valence-corrected chi connectivity index (χ1v) is 7.05. The maximum atomic E-state index is 3.67. The van der Waals surface area contributed by atoms with Gasteiger partial charge in [0, 0.05) is 12.6 Å². The lowest BCUT2D eigenvalue weighted by molar-refractivity contribution is 0.296. The topological polar surface area (TPSA) is 15.3 Å². The second kappa shape index (κ2) is 10.1. The number of hydrogen-bond donors (Lipinski definition) is 1. The Kier molecular flexibility index (Phi) is 10.0. The molecule has 0 saturated carbocycles. The smallest absolute Gasteiger partial charge is 0.0166 e. The highest BCUT2D eigenvalue weighted by molar-refractivity contribution is 4.68. The van der Waals surface area contributed by atoms with Crippen molar-refractivity contribution in [1.29, 1.82) is 0 Å². The number of rotatable bonds is 10. The van der Waals surface area contributed by atoms with Gasteiger partial charge in [0.25, 0.3) is 0 Å². The third-order valence-corrected chi connectivity index (χ3v) is 3.42.